The second kappa shape index (κ2) is 9.44. The van der Waals surface area contributed by atoms with E-state index in [1.165, 1.54) is 17.8 Å². The molecule has 0 amide bonds. The van der Waals surface area contributed by atoms with Crippen LogP contribution in [0.1, 0.15) is 11.1 Å². The minimum atomic E-state index is -3.57. The number of benzene rings is 2. The Labute approximate surface area is 165 Å². The smallest absolute Gasteiger partial charge is 0.214 e. The Morgan fingerprint density at radius 1 is 0.960 bits per heavy atom. The maximum Gasteiger partial charge on any atom is 0.215 e. The molecular formula is C16H15Cl3FNO2S2. The highest BCUT2D eigenvalue weighted by molar-refractivity contribution is 7.98. The van der Waals surface area contributed by atoms with E-state index < -0.39 is 10.0 Å². The van der Waals surface area contributed by atoms with Crippen LogP contribution >= 0.6 is 46.6 Å². The molecule has 0 bridgehead atoms. The Morgan fingerprint density at radius 2 is 1.52 bits per heavy atom. The van der Waals surface area contributed by atoms with Crippen LogP contribution in [0.5, 0.6) is 0 Å². The van der Waals surface area contributed by atoms with Crippen molar-refractivity contribution in [3.63, 3.8) is 0 Å². The van der Waals surface area contributed by atoms with Crippen LogP contribution in [0.15, 0.2) is 36.4 Å². The summed E-state index contributed by atoms with van der Waals surface area (Å²) < 4.78 is 40.4. The Morgan fingerprint density at radius 3 is 2.12 bits per heavy atom. The molecule has 9 heteroatoms. The zero-order chi connectivity index (χ0) is 18.4. The van der Waals surface area contributed by atoms with Crippen molar-refractivity contribution in [2.75, 3.05) is 12.3 Å². The molecule has 3 nitrogen and oxygen atoms in total. The van der Waals surface area contributed by atoms with E-state index in [2.05, 4.69) is 4.72 Å². The number of hydrogen-bond acceptors (Lipinski definition) is 3. The molecule has 0 radical (unpaired) electrons. The molecule has 2 aromatic rings. The normalized spacial score (nSPS) is 11.7. The number of nitrogens with one attached hydrogen (secondary N) is 1. The molecule has 0 unspecified atom stereocenters. The molecule has 0 aliphatic carbocycles. The van der Waals surface area contributed by atoms with E-state index in [-0.39, 0.29) is 18.1 Å². The van der Waals surface area contributed by atoms with Crippen molar-refractivity contribution in [1.29, 1.82) is 0 Å². The van der Waals surface area contributed by atoms with Gasteiger partial charge in [-0.3, -0.25) is 0 Å². The van der Waals surface area contributed by atoms with E-state index in [1.807, 2.05) is 0 Å². The summed E-state index contributed by atoms with van der Waals surface area (Å²) in [5.74, 6) is 0.174. The quantitative estimate of drug-likeness (QED) is 0.576. The van der Waals surface area contributed by atoms with Gasteiger partial charge in [-0.2, -0.15) is 11.8 Å². The average Bonchev–Trinajstić information content (AvgIpc) is 2.53. The van der Waals surface area contributed by atoms with Gasteiger partial charge >= 0.3 is 0 Å². The first kappa shape index (κ1) is 20.8. The topological polar surface area (TPSA) is 46.2 Å². The summed E-state index contributed by atoms with van der Waals surface area (Å²) >= 11 is 19.3. The van der Waals surface area contributed by atoms with Crippen molar-refractivity contribution < 1.29 is 12.8 Å². The Balaban J connectivity index is 1.83. The van der Waals surface area contributed by atoms with Gasteiger partial charge in [0.15, 0.2) is 0 Å². The molecule has 0 fully saturated rings. The van der Waals surface area contributed by atoms with Gasteiger partial charge in [0.2, 0.25) is 10.0 Å². The molecule has 0 saturated carbocycles. The van der Waals surface area contributed by atoms with Crippen molar-refractivity contribution in [2.24, 2.45) is 0 Å². The Bertz CT molecular complexity index is 807. The fraction of sp³-hybridized carbons (Fsp3) is 0.250. The van der Waals surface area contributed by atoms with E-state index in [0.29, 0.717) is 37.7 Å². The summed E-state index contributed by atoms with van der Waals surface area (Å²) in [6, 6.07) is 9.34. The first-order chi connectivity index (χ1) is 11.8. The van der Waals surface area contributed by atoms with Crippen molar-refractivity contribution in [3.05, 3.63) is 68.4 Å². The third-order valence-electron chi connectivity index (χ3n) is 3.27. The van der Waals surface area contributed by atoms with Crippen LogP contribution in [0.4, 0.5) is 4.39 Å². The summed E-state index contributed by atoms with van der Waals surface area (Å²) in [6.07, 6.45) is 0. The van der Waals surface area contributed by atoms with Crippen molar-refractivity contribution in [2.45, 2.75) is 11.5 Å². The lowest BCUT2D eigenvalue weighted by atomic mass is 10.2. The van der Waals surface area contributed by atoms with Crippen molar-refractivity contribution in [1.82, 2.24) is 4.72 Å². The van der Waals surface area contributed by atoms with E-state index in [1.54, 1.807) is 30.3 Å². The van der Waals surface area contributed by atoms with E-state index in [4.69, 9.17) is 34.8 Å². The highest BCUT2D eigenvalue weighted by Crippen LogP contribution is 2.26. The maximum atomic E-state index is 13.6. The number of halogens is 4. The summed E-state index contributed by atoms with van der Waals surface area (Å²) in [6.45, 7) is 0.209. The lowest BCUT2D eigenvalue weighted by molar-refractivity contribution is 0.583. The van der Waals surface area contributed by atoms with Crippen molar-refractivity contribution in [3.8, 4) is 0 Å². The van der Waals surface area contributed by atoms with Crippen LogP contribution in [-0.2, 0) is 21.5 Å². The van der Waals surface area contributed by atoms with Crippen LogP contribution in [0.3, 0.4) is 0 Å². The molecule has 136 valence electrons. The van der Waals surface area contributed by atoms with Crippen LogP contribution in [0, 0.1) is 5.82 Å². The molecule has 0 aliphatic rings. The number of sulfonamides is 1. The monoisotopic (exact) mass is 441 g/mol. The summed E-state index contributed by atoms with van der Waals surface area (Å²) in [5, 5.41) is 0.976. The van der Waals surface area contributed by atoms with Crippen LogP contribution in [0.2, 0.25) is 15.1 Å². The van der Waals surface area contributed by atoms with Gasteiger partial charge in [0, 0.05) is 44.2 Å². The number of hydrogen-bond donors (Lipinski definition) is 1. The molecule has 2 aromatic carbocycles. The second-order valence-electron chi connectivity index (χ2n) is 5.11. The van der Waals surface area contributed by atoms with Gasteiger partial charge < -0.3 is 0 Å². The summed E-state index contributed by atoms with van der Waals surface area (Å²) in [4.78, 5) is 0. The van der Waals surface area contributed by atoms with E-state index in [0.717, 1.165) is 0 Å². The molecule has 2 rings (SSSR count). The lowest BCUT2D eigenvalue weighted by Gasteiger charge is -2.10. The minimum absolute atomic E-state index is 0.209. The summed E-state index contributed by atoms with van der Waals surface area (Å²) in [5.41, 5.74) is 0.781. The van der Waals surface area contributed by atoms with Gasteiger partial charge in [-0.15, -0.1) is 0 Å². The fourth-order valence-corrected chi connectivity index (χ4v) is 5.25. The molecular weight excluding hydrogens is 428 g/mol. The zero-order valence-corrected chi connectivity index (χ0v) is 16.8. The van der Waals surface area contributed by atoms with Crippen LogP contribution < -0.4 is 4.72 Å². The van der Waals surface area contributed by atoms with Crippen molar-refractivity contribution >= 4 is 56.6 Å². The number of thioether (sulfide) groups is 1. The first-order valence-corrected chi connectivity index (χ1v) is 11.1. The third-order valence-corrected chi connectivity index (χ3v) is 6.63. The predicted molar refractivity (Wildman–Crippen MR) is 105 cm³/mol. The average molecular weight is 443 g/mol. The summed E-state index contributed by atoms with van der Waals surface area (Å²) in [7, 11) is -3.57. The largest absolute Gasteiger partial charge is 0.215 e. The minimum Gasteiger partial charge on any atom is -0.214 e. The molecule has 0 aromatic heterocycles. The molecule has 0 spiro atoms. The van der Waals surface area contributed by atoms with Gasteiger partial charge in [-0.25, -0.2) is 17.5 Å². The maximum absolute atomic E-state index is 13.6. The number of rotatable bonds is 8. The SMILES string of the molecule is O=S(=O)(Cc1c(Cl)cccc1Cl)NCCSCc1c(F)cccc1Cl. The molecule has 0 aliphatic heterocycles. The molecule has 0 heterocycles. The standard InChI is InChI=1S/C16H15Cl3FNO2S2/c17-13-5-2-6-16(20)11(13)9-24-8-7-21-25(22,23)10-12-14(18)3-1-4-15(12)19/h1-6,21H,7-10H2. The van der Waals surface area contributed by atoms with Gasteiger partial charge in [0.1, 0.15) is 5.82 Å². The molecule has 1 N–H and O–H groups in total. The van der Waals surface area contributed by atoms with E-state index >= 15 is 0 Å². The molecule has 0 saturated heterocycles. The van der Waals surface area contributed by atoms with Gasteiger partial charge in [-0.05, 0) is 24.3 Å². The molecule has 0 atom stereocenters. The van der Waals surface area contributed by atoms with Crippen LogP contribution in [0.25, 0.3) is 0 Å². The predicted octanol–water partition coefficient (Wildman–Crippen LogP) is 5.14. The zero-order valence-electron chi connectivity index (χ0n) is 12.9. The Kier molecular flexibility index (Phi) is 7.86. The Hall–Kier alpha value is -0.500. The van der Waals surface area contributed by atoms with Gasteiger partial charge in [-0.1, -0.05) is 46.9 Å². The molecule has 25 heavy (non-hydrogen) atoms. The lowest BCUT2D eigenvalue weighted by Crippen LogP contribution is -2.27. The second-order valence-corrected chi connectivity index (χ2v) is 9.24. The van der Waals surface area contributed by atoms with Crippen LogP contribution in [-0.4, -0.2) is 20.7 Å². The third kappa shape index (κ3) is 6.31. The first-order valence-electron chi connectivity index (χ1n) is 7.21. The highest BCUT2D eigenvalue weighted by atomic mass is 35.5. The van der Waals surface area contributed by atoms with Gasteiger partial charge in [0.05, 0.1) is 5.75 Å². The van der Waals surface area contributed by atoms with Gasteiger partial charge in [0.25, 0.3) is 0 Å². The fourth-order valence-electron chi connectivity index (χ4n) is 2.03. The highest BCUT2D eigenvalue weighted by Gasteiger charge is 2.16. The van der Waals surface area contributed by atoms with E-state index in [9.17, 15) is 12.8 Å².